The molecule has 22 heavy (non-hydrogen) atoms. The number of piperidine rings is 1. The number of benzene rings is 1. The third kappa shape index (κ3) is 3.56. The zero-order chi connectivity index (χ0) is 16.3. The summed E-state index contributed by atoms with van der Waals surface area (Å²) in [5.41, 5.74) is 0.426. The fourth-order valence-electron chi connectivity index (χ4n) is 2.84. The van der Waals surface area contributed by atoms with Gasteiger partial charge in [-0.15, -0.1) is 0 Å². The van der Waals surface area contributed by atoms with Gasteiger partial charge in [-0.25, -0.2) is 8.42 Å². The molecule has 0 aromatic heterocycles. The van der Waals surface area contributed by atoms with Crippen LogP contribution in [-0.4, -0.2) is 56.1 Å². The monoisotopic (exact) mass is 324 g/mol. The van der Waals surface area contributed by atoms with Crippen LogP contribution < -0.4 is 0 Å². The fraction of sp³-hybridized carbons (Fsp3) is 0.562. The van der Waals surface area contributed by atoms with E-state index in [4.69, 9.17) is 0 Å². The van der Waals surface area contributed by atoms with Gasteiger partial charge < -0.3 is 4.90 Å². The zero-order valence-corrected chi connectivity index (χ0v) is 14.3. The Balaban J connectivity index is 2.19. The van der Waals surface area contributed by atoms with E-state index in [1.807, 2.05) is 0 Å². The van der Waals surface area contributed by atoms with Crippen molar-refractivity contribution in [3.05, 3.63) is 29.8 Å². The summed E-state index contributed by atoms with van der Waals surface area (Å²) in [4.78, 5) is 14.0. The fourth-order valence-corrected chi connectivity index (χ4v) is 4.30. The average Bonchev–Trinajstić information content (AvgIpc) is 2.54. The first-order valence-corrected chi connectivity index (χ1v) is 9.11. The number of hydrogen-bond acceptors (Lipinski definition) is 4. The number of sulfonamides is 1. The molecule has 1 heterocycles. The molecule has 0 saturated carbocycles. The number of likely N-dealkylation sites (tertiary alicyclic amines) is 1. The summed E-state index contributed by atoms with van der Waals surface area (Å²) in [6, 6.07) is 6.31. The summed E-state index contributed by atoms with van der Waals surface area (Å²) >= 11 is 0. The van der Waals surface area contributed by atoms with E-state index in [9.17, 15) is 13.2 Å². The normalized spacial score (nSPS) is 17.8. The number of nitrogens with zero attached hydrogens (tertiary/aromatic N) is 2. The van der Waals surface area contributed by atoms with E-state index in [-0.39, 0.29) is 16.7 Å². The standard InChI is InChI=1S/C16H24N2O3S/c1-4-18-10-8-15(9-11-18)17(3)22(20,21)16-7-5-6-14(12-16)13(2)19/h5-7,12,15H,4,8-11H2,1-3H3. The van der Waals surface area contributed by atoms with E-state index in [1.54, 1.807) is 25.2 Å². The lowest BCUT2D eigenvalue weighted by atomic mass is 10.1. The third-order valence-electron chi connectivity index (χ3n) is 4.44. The third-order valence-corrected chi connectivity index (χ3v) is 6.34. The van der Waals surface area contributed by atoms with Gasteiger partial charge in [0.2, 0.25) is 10.0 Å². The van der Waals surface area contributed by atoms with Crippen LogP contribution in [0.25, 0.3) is 0 Å². The van der Waals surface area contributed by atoms with Gasteiger partial charge in [-0.2, -0.15) is 4.31 Å². The van der Waals surface area contributed by atoms with Crippen molar-refractivity contribution in [2.45, 2.75) is 37.6 Å². The van der Waals surface area contributed by atoms with Gasteiger partial charge in [-0.3, -0.25) is 4.79 Å². The van der Waals surface area contributed by atoms with Crippen LogP contribution in [0.5, 0.6) is 0 Å². The molecule has 0 spiro atoms. The maximum absolute atomic E-state index is 12.8. The molecule has 1 aromatic carbocycles. The van der Waals surface area contributed by atoms with Crippen molar-refractivity contribution in [3.8, 4) is 0 Å². The summed E-state index contributed by atoms with van der Waals surface area (Å²) in [6.45, 7) is 6.41. The first-order valence-electron chi connectivity index (χ1n) is 7.67. The lowest BCUT2D eigenvalue weighted by molar-refractivity contribution is 0.101. The highest BCUT2D eigenvalue weighted by Crippen LogP contribution is 2.23. The van der Waals surface area contributed by atoms with Gasteiger partial charge in [0, 0.05) is 18.7 Å². The maximum atomic E-state index is 12.8. The van der Waals surface area contributed by atoms with Crippen LogP contribution in [0.3, 0.4) is 0 Å². The molecular weight excluding hydrogens is 300 g/mol. The summed E-state index contributed by atoms with van der Waals surface area (Å²) < 4.78 is 27.0. The minimum Gasteiger partial charge on any atom is -0.303 e. The Morgan fingerprint density at radius 3 is 2.50 bits per heavy atom. The molecule has 1 aromatic rings. The molecule has 1 aliphatic rings. The minimum absolute atomic E-state index is 0.0220. The highest BCUT2D eigenvalue weighted by Gasteiger charge is 2.30. The second-order valence-corrected chi connectivity index (χ2v) is 7.77. The van der Waals surface area contributed by atoms with Crippen LogP contribution >= 0.6 is 0 Å². The summed E-state index contributed by atoms with van der Waals surface area (Å²) in [6.07, 6.45) is 1.69. The van der Waals surface area contributed by atoms with E-state index in [0.29, 0.717) is 5.56 Å². The van der Waals surface area contributed by atoms with E-state index in [2.05, 4.69) is 11.8 Å². The van der Waals surface area contributed by atoms with Crippen LogP contribution in [-0.2, 0) is 10.0 Å². The number of Topliss-reactive ketones (excluding diaryl/α,β-unsaturated/α-hetero) is 1. The van der Waals surface area contributed by atoms with Gasteiger partial charge in [0.15, 0.2) is 5.78 Å². The van der Waals surface area contributed by atoms with Crippen molar-refractivity contribution in [1.29, 1.82) is 0 Å². The lowest BCUT2D eigenvalue weighted by Gasteiger charge is -2.35. The van der Waals surface area contributed by atoms with Gasteiger partial charge in [0.1, 0.15) is 0 Å². The molecule has 0 radical (unpaired) electrons. The zero-order valence-electron chi connectivity index (χ0n) is 13.4. The molecule has 0 unspecified atom stereocenters. The van der Waals surface area contributed by atoms with Crippen LogP contribution in [0.1, 0.15) is 37.0 Å². The molecule has 0 N–H and O–H groups in total. The van der Waals surface area contributed by atoms with E-state index in [0.717, 1.165) is 32.5 Å². The molecule has 122 valence electrons. The molecule has 2 rings (SSSR count). The second kappa shape index (κ2) is 6.89. The van der Waals surface area contributed by atoms with Gasteiger partial charge in [-0.05, 0) is 51.5 Å². The largest absolute Gasteiger partial charge is 0.303 e. The number of hydrogen-bond donors (Lipinski definition) is 0. The highest BCUT2D eigenvalue weighted by atomic mass is 32.2. The second-order valence-electron chi connectivity index (χ2n) is 5.77. The highest BCUT2D eigenvalue weighted by molar-refractivity contribution is 7.89. The Morgan fingerprint density at radius 2 is 1.95 bits per heavy atom. The molecule has 1 saturated heterocycles. The summed E-state index contributed by atoms with van der Waals surface area (Å²) in [7, 11) is -1.92. The van der Waals surface area contributed by atoms with Crippen LogP contribution in [0, 0.1) is 0 Å². The van der Waals surface area contributed by atoms with Crippen molar-refractivity contribution in [3.63, 3.8) is 0 Å². The van der Waals surface area contributed by atoms with E-state index in [1.165, 1.54) is 17.3 Å². The van der Waals surface area contributed by atoms with Gasteiger partial charge in [-0.1, -0.05) is 19.1 Å². The molecule has 0 atom stereocenters. The molecule has 6 heteroatoms. The van der Waals surface area contributed by atoms with Crippen molar-refractivity contribution < 1.29 is 13.2 Å². The van der Waals surface area contributed by atoms with Crippen molar-refractivity contribution >= 4 is 15.8 Å². The van der Waals surface area contributed by atoms with E-state index < -0.39 is 10.0 Å². The maximum Gasteiger partial charge on any atom is 0.243 e. The first kappa shape index (κ1) is 17.1. The molecule has 0 amide bonds. The molecule has 0 aliphatic carbocycles. The quantitative estimate of drug-likeness (QED) is 0.777. The van der Waals surface area contributed by atoms with Crippen molar-refractivity contribution in [2.24, 2.45) is 0 Å². The van der Waals surface area contributed by atoms with Crippen molar-refractivity contribution in [2.75, 3.05) is 26.7 Å². The number of carbonyl (C=O) groups excluding carboxylic acids is 1. The lowest BCUT2D eigenvalue weighted by Crippen LogP contribution is -2.45. The Bertz CT molecular complexity index is 635. The van der Waals surface area contributed by atoms with Gasteiger partial charge in [0.05, 0.1) is 4.90 Å². The Labute approximate surface area is 133 Å². The molecule has 1 fully saturated rings. The summed E-state index contributed by atoms with van der Waals surface area (Å²) in [5, 5.41) is 0. The Kier molecular flexibility index (Phi) is 5.36. The predicted molar refractivity (Wildman–Crippen MR) is 86.5 cm³/mol. The Hall–Kier alpha value is -1.24. The van der Waals surface area contributed by atoms with Gasteiger partial charge in [0.25, 0.3) is 0 Å². The van der Waals surface area contributed by atoms with Gasteiger partial charge >= 0.3 is 0 Å². The van der Waals surface area contributed by atoms with Crippen LogP contribution in [0.2, 0.25) is 0 Å². The van der Waals surface area contributed by atoms with Crippen LogP contribution in [0.4, 0.5) is 0 Å². The molecule has 0 bridgehead atoms. The minimum atomic E-state index is -3.56. The smallest absolute Gasteiger partial charge is 0.243 e. The number of rotatable bonds is 5. The first-order chi connectivity index (χ1) is 10.4. The molecule has 5 nitrogen and oxygen atoms in total. The SMILES string of the molecule is CCN1CCC(N(C)S(=O)(=O)c2cccc(C(C)=O)c2)CC1. The predicted octanol–water partition coefficient (Wildman–Crippen LogP) is 1.99. The number of carbonyl (C=O) groups is 1. The number of ketones is 1. The summed E-state index contributed by atoms with van der Waals surface area (Å²) in [5.74, 6) is -0.129. The van der Waals surface area contributed by atoms with Crippen LogP contribution in [0.15, 0.2) is 29.2 Å². The molecule has 1 aliphatic heterocycles. The Morgan fingerprint density at radius 1 is 1.32 bits per heavy atom. The van der Waals surface area contributed by atoms with E-state index >= 15 is 0 Å². The topological polar surface area (TPSA) is 57.7 Å². The molecular formula is C16H24N2O3S. The van der Waals surface area contributed by atoms with Crippen molar-refractivity contribution in [1.82, 2.24) is 9.21 Å². The average molecular weight is 324 g/mol.